The average molecular weight is 350 g/mol. The lowest BCUT2D eigenvalue weighted by Gasteiger charge is -2.31. The number of hydrazine groups is 1. The lowest BCUT2D eigenvalue weighted by molar-refractivity contribution is -0.137. The molecule has 2 aromatic rings. The second-order valence-corrected chi connectivity index (χ2v) is 6.29. The number of nitrogen functional groups attached to an aromatic ring is 1. The number of fused-ring (bicyclic) bond motifs is 2. The number of nitrogens with zero attached hydrogens (tertiary/aromatic N) is 4. The third-order valence-electron chi connectivity index (χ3n) is 4.71. The van der Waals surface area contributed by atoms with Crippen LogP contribution in [-0.2, 0) is 32.0 Å². The molecule has 3 heterocycles. The van der Waals surface area contributed by atoms with Crippen LogP contribution in [0.2, 0.25) is 0 Å². The smallest absolute Gasteiger partial charge is 0.351 e. The van der Waals surface area contributed by atoms with Crippen LogP contribution in [0, 0.1) is 0 Å². The second kappa shape index (κ2) is 5.83. The number of pyridine rings is 1. The van der Waals surface area contributed by atoms with Crippen LogP contribution in [0.5, 0.6) is 0 Å². The normalized spacial score (nSPS) is 16.6. The number of rotatable bonds is 2. The van der Waals surface area contributed by atoms with Gasteiger partial charge in [0.2, 0.25) is 5.95 Å². The lowest BCUT2D eigenvalue weighted by Crippen LogP contribution is -2.33. The van der Waals surface area contributed by atoms with Crippen molar-refractivity contribution in [3.8, 4) is 0 Å². The minimum Gasteiger partial charge on any atom is -0.351 e. The first kappa shape index (κ1) is 16.1. The molecule has 0 unspecified atom stereocenters. The van der Waals surface area contributed by atoms with Gasteiger partial charge in [0.1, 0.15) is 5.82 Å². The van der Waals surface area contributed by atoms with Crippen LogP contribution >= 0.6 is 0 Å². The van der Waals surface area contributed by atoms with Gasteiger partial charge in [-0.25, -0.2) is 10.8 Å². The highest BCUT2D eigenvalue weighted by Gasteiger charge is 2.33. The zero-order valence-electron chi connectivity index (χ0n) is 13.4. The summed E-state index contributed by atoms with van der Waals surface area (Å²) >= 11 is 0. The van der Waals surface area contributed by atoms with Gasteiger partial charge in [-0.15, -0.1) is 0 Å². The van der Waals surface area contributed by atoms with Gasteiger partial charge in [0.05, 0.1) is 11.3 Å². The van der Waals surface area contributed by atoms with E-state index in [1.54, 1.807) is 0 Å². The van der Waals surface area contributed by atoms with E-state index in [0.717, 1.165) is 42.5 Å². The first-order valence-electron chi connectivity index (χ1n) is 8.12. The number of halogens is 3. The van der Waals surface area contributed by atoms with Gasteiger partial charge in [-0.2, -0.15) is 18.2 Å². The molecule has 6 nitrogen and oxygen atoms in total. The third-order valence-corrected chi connectivity index (χ3v) is 4.71. The van der Waals surface area contributed by atoms with Crippen molar-refractivity contribution in [1.29, 1.82) is 0 Å². The number of anilines is 2. The maximum atomic E-state index is 13.0. The molecule has 9 heteroatoms. The van der Waals surface area contributed by atoms with Crippen molar-refractivity contribution in [2.75, 3.05) is 16.9 Å². The summed E-state index contributed by atoms with van der Waals surface area (Å²) in [6, 6.07) is 1.19. The Labute approximate surface area is 142 Å². The van der Waals surface area contributed by atoms with Gasteiger partial charge in [-0.3, -0.25) is 10.4 Å². The van der Waals surface area contributed by atoms with Gasteiger partial charge in [0.25, 0.3) is 0 Å². The Morgan fingerprint density at radius 2 is 1.96 bits per heavy atom. The fourth-order valence-electron chi connectivity index (χ4n) is 3.50. The highest BCUT2D eigenvalue weighted by Crippen LogP contribution is 2.34. The summed E-state index contributed by atoms with van der Waals surface area (Å²) in [6.07, 6.45) is -0.166. The maximum Gasteiger partial charge on any atom is 0.417 e. The zero-order valence-corrected chi connectivity index (χ0v) is 13.4. The summed E-state index contributed by atoms with van der Waals surface area (Å²) in [5.41, 5.74) is 5.10. The fraction of sp³-hybridized carbons (Fsp3) is 0.438. The summed E-state index contributed by atoms with van der Waals surface area (Å²) in [6.45, 7) is 0.999. The summed E-state index contributed by atoms with van der Waals surface area (Å²) in [5.74, 6) is 6.56. The van der Waals surface area contributed by atoms with Crippen molar-refractivity contribution in [3.63, 3.8) is 0 Å². The molecule has 0 bridgehead atoms. The molecule has 0 amide bonds. The highest BCUT2D eigenvalue weighted by molar-refractivity contribution is 5.55. The quantitative estimate of drug-likeness (QED) is 0.639. The molecule has 0 saturated heterocycles. The van der Waals surface area contributed by atoms with Crippen molar-refractivity contribution in [2.24, 2.45) is 5.84 Å². The number of aryl methyl sites for hydroxylation is 1. The molecule has 132 valence electrons. The molecule has 1 aliphatic carbocycles. The predicted molar refractivity (Wildman–Crippen MR) is 85.9 cm³/mol. The molecule has 2 aliphatic rings. The van der Waals surface area contributed by atoms with Crippen LogP contribution in [-0.4, -0.2) is 21.5 Å². The van der Waals surface area contributed by atoms with E-state index in [4.69, 9.17) is 5.84 Å². The standard InChI is InChI=1S/C16H17F3N6/c17-16(18,19)10-6-9-8-25(5-4-12(9)21-7-10)14-11-2-1-3-13(11)22-15(23-14)24-20/h6-7H,1-5,8,20H2,(H,22,23,24). The van der Waals surface area contributed by atoms with Crippen molar-refractivity contribution in [3.05, 3.63) is 40.3 Å². The van der Waals surface area contributed by atoms with Crippen LogP contribution < -0.4 is 16.2 Å². The van der Waals surface area contributed by atoms with Crippen LogP contribution in [0.1, 0.15) is 34.5 Å². The topological polar surface area (TPSA) is 80.0 Å². The summed E-state index contributed by atoms with van der Waals surface area (Å²) in [5, 5.41) is 0. The molecule has 25 heavy (non-hydrogen) atoms. The van der Waals surface area contributed by atoms with E-state index in [9.17, 15) is 13.2 Å². The third kappa shape index (κ3) is 2.88. The Morgan fingerprint density at radius 1 is 1.12 bits per heavy atom. The molecule has 0 atom stereocenters. The van der Waals surface area contributed by atoms with Crippen molar-refractivity contribution < 1.29 is 13.2 Å². The SMILES string of the molecule is NNc1nc2c(c(N3CCc4ncc(C(F)(F)F)cc4C3)n1)CCC2. The number of alkyl halides is 3. The van der Waals surface area contributed by atoms with Crippen LogP contribution in [0.15, 0.2) is 12.3 Å². The molecule has 0 fully saturated rings. The Morgan fingerprint density at radius 3 is 2.72 bits per heavy atom. The maximum absolute atomic E-state index is 13.0. The molecule has 1 aliphatic heterocycles. The highest BCUT2D eigenvalue weighted by atomic mass is 19.4. The van der Waals surface area contributed by atoms with Gasteiger partial charge in [0, 0.05) is 37.0 Å². The molecule has 2 aromatic heterocycles. The number of hydrogen-bond donors (Lipinski definition) is 2. The monoisotopic (exact) mass is 350 g/mol. The second-order valence-electron chi connectivity index (χ2n) is 6.29. The number of nitrogens with one attached hydrogen (secondary N) is 1. The van der Waals surface area contributed by atoms with Gasteiger partial charge in [0.15, 0.2) is 0 Å². The predicted octanol–water partition coefficient (Wildman–Crippen LogP) is 2.23. The van der Waals surface area contributed by atoms with E-state index in [2.05, 4.69) is 20.4 Å². The Hall–Kier alpha value is -2.42. The number of aromatic nitrogens is 3. The first-order chi connectivity index (χ1) is 12.0. The van der Waals surface area contributed by atoms with E-state index in [-0.39, 0.29) is 0 Å². The Bertz CT molecular complexity index is 820. The lowest BCUT2D eigenvalue weighted by atomic mass is 10.0. The van der Waals surface area contributed by atoms with Crippen molar-refractivity contribution >= 4 is 11.8 Å². The van der Waals surface area contributed by atoms with Crippen molar-refractivity contribution in [1.82, 2.24) is 15.0 Å². The molecule has 0 aromatic carbocycles. The molecule has 3 N–H and O–H groups in total. The minimum absolute atomic E-state index is 0.337. The summed E-state index contributed by atoms with van der Waals surface area (Å²) < 4.78 is 38.9. The largest absolute Gasteiger partial charge is 0.417 e. The van der Waals surface area contributed by atoms with E-state index < -0.39 is 11.7 Å². The molecule has 4 rings (SSSR count). The van der Waals surface area contributed by atoms with E-state index in [1.165, 1.54) is 6.07 Å². The van der Waals surface area contributed by atoms with Gasteiger partial charge in [-0.05, 0) is 30.9 Å². The van der Waals surface area contributed by atoms with Crippen LogP contribution in [0.25, 0.3) is 0 Å². The van der Waals surface area contributed by atoms with Gasteiger partial charge >= 0.3 is 6.18 Å². The average Bonchev–Trinajstić information content (AvgIpc) is 3.07. The van der Waals surface area contributed by atoms with Crippen LogP contribution in [0.3, 0.4) is 0 Å². The van der Waals surface area contributed by atoms with Crippen molar-refractivity contribution in [2.45, 2.75) is 38.4 Å². The molecule has 0 radical (unpaired) electrons. The molecular weight excluding hydrogens is 333 g/mol. The molecule has 0 spiro atoms. The van der Waals surface area contributed by atoms with E-state index in [0.29, 0.717) is 36.7 Å². The molecular formula is C16H17F3N6. The first-order valence-corrected chi connectivity index (χ1v) is 8.12. The van der Waals surface area contributed by atoms with E-state index in [1.807, 2.05) is 4.90 Å². The number of hydrogen-bond acceptors (Lipinski definition) is 6. The molecule has 0 saturated carbocycles. The minimum atomic E-state index is -4.39. The zero-order chi connectivity index (χ0) is 17.6. The fourth-order valence-corrected chi connectivity index (χ4v) is 3.50. The van der Waals surface area contributed by atoms with Crippen LogP contribution in [0.4, 0.5) is 24.9 Å². The van der Waals surface area contributed by atoms with Gasteiger partial charge < -0.3 is 4.90 Å². The number of nitrogens with two attached hydrogens (primary N) is 1. The van der Waals surface area contributed by atoms with E-state index >= 15 is 0 Å². The Balaban J connectivity index is 1.70. The Kier molecular flexibility index (Phi) is 3.75. The summed E-state index contributed by atoms with van der Waals surface area (Å²) in [4.78, 5) is 14.9. The summed E-state index contributed by atoms with van der Waals surface area (Å²) in [7, 11) is 0. The van der Waals surface area contributed by atoms with Gasteiger partial charge in [-0.1, -0.05) is 0 Å².